The monoisotopic (exact) mass is 416 g/mol. The summed E-state index contributed by atoms with van der Waals surface area (Å²) in [6.45, 7) is 0.847. The van der Waals surface area contributed by atoms with E-state index in [2.05, 4.69) is 10.6 Å². The number of nitrogens with one attached hydrogen (secondary N) is 2. The van der Waals surface area contributed by atoms with Crippen molar-refractivity contribution in [1.29, 1.82) is 0 Å². The molecule has 2 aromatic carbocycles. The van der Waals surface area contributed by atoms with Crippen molar-refractivity contribution in [2.45, 2.75) is 6.92 Å². The fourth-order valence-electron chi connectivity index (χ4n) is 2.59. The number of carbonyl (C=O) groups excluding carboxylic acids is 3. The van der Waals surface area contributed by atoms with Gasteiger partial charge in [0.05, 0.1) is 12.8 Å². The van der Waals surface area contributed by atoms with Crippen molar-refractivity contribution < 1.29 is 28.2 Å². The van der Waals surface area contributed by atoms with E-state index in [-0.39, 0.29) is 10.8 Å². The molecule has 7 nitrogen and oxygen atoms in total. The van der Waals surface area contributed by atoms with Crippen LogP contribution in [0, 0.1) is 5.82 Å². The Morgan fingerprint density at radius 2 is 1.86 bits per heavy atom. The lowest BCUT2D eigenvalue weighted by molar-refractivity contribution is -0.119. The van der Waals surface area contributed by atoms with E-state index < -0.39 is 24.3 Å². The van der Waals surface area contributed by atoms with Gasteiger partial charge in [-0.15, -0.1) is 11.3 Å². The number of esters is 1. The molecule has 0 fully saturated rings. The van der Waals surface area contributed by atoms with Crippen LogP contribution in [-0.4, -0.2) is 31.5 Å². The van der Waals surface area contributed by atoms with Crippen LogP contribution in [0.3, 0.4) is 0 Å². The van der Waals surface area contributed by atoms with E-state index in [0.717, 1.165) is 16.0 Å². The van der Waals surface area contributed by atoms with Gasteiger partial charge in [-0.25, -0.2) is 9.18 Å². The summed E-state index contributed by atoms with van der Waals surface area (Å²) >= 11 is 1.15. The fraction of sp³-hybridized carbons (Fsp3) is 0.150. The average Bonchev–Trinajstić information content (AvgIpc) is 3.09. The minimum atomic E-state index is -0.680. The SMILES string of the molecule is COc1ccc(NC(C)=O)cc1NC(=O)COC(=O)c1cc2cc(F)ccc2s1. The van der Waals surface area contributed by atoms with E-state index in [9.17, 15) is 18.8 Å². The van der Waals surface area contributed by atoms with E-state index >= 15 is 0 Å². The van der Waals surface area contributed by atoms with Gasteiger partial charge in [0.2, 0.25) is 5.91 Å². The van der Waals surface area contributed by atoms with Gasteiger partial charge >= 0.3 is 5.97 Å². The van der Waals surface area contributed by atoms with Gasteiger partial charge in [-0.1, -0.05) is 0 Å². The van der Waals surface area contributed by atoms with Crippen molar-refractivity contribution in [2.24, 2.45) is 0 Å². The minimum Gasteiger partial charge on any atom is -0.495 e. The minimum absolute atomic E-state index is 0.260. The van der Waals surface area contributed by atoms with Crippen molar-refractivity contribution in [3.63, 3.8) is 0 Å². The smallest absolute Gasteiger partial charge is 0.348 e. The maximum absolute atomic E-state index is 13.3. The molecule has 0 spiro atoms. The van der Waals surface area contributed by atoms with Gasteiger partial charge in [0.15, 0.2) is 6.61 Å². The molecule has 3 rings (SSSR count). The molecule has 29 heavy (non-hydrogen) atoms. The molecule has 2 amide bonds. The van der Waals surface area contributed by atoms with Crippen LogP contribution in [-0.2, 0) is 14.3 Å². The summed E-state index contributed by atoms with van der Waals surface area (Å²) < 4.78 is 24.2. The second-order valence-corrected chi connectivity index (χ2v) is 7.10. The molecule has 0 saturated heterocycles. The van der Waals surface area contributed by atoms with Crippen molar-refractivity contribution in [3.8, 4) is 5.75 Å². The molecule has 3 aromatic rings. The Labute approximate surface area is 169 Å². The highest BCUT2D eigenvalue weighted by atomic mass is 32.1. The first-order chi connectivity index (χ1) is 13.9. The second kappa shape index (κ2) is 8.70. The predicted molar refractivity (Wildman–Crippen MR) is 108 cm³/mol. The van der Waals surface area contributed by atoms with Gasteiger partial charge in [-0.05, 0) is 47.9 Å². The van der Waals surface area contributed by atoms with Crippen LogP contribution in [0.25, 0.3) is 10.1 Å². The second-order valence-electron chi connectivity index (χ2n) is 6.01. The lowest BCUT2D eigenvalue weighted by Crippen LogP contribution is -2.21. The normalized spacial score (nSPS) is 10.4. The maximum atomic E-state index is 13.3. The van der Waals surface area contributed by atoms with Gasteiger partial charge in [0.25, 0.3) is 5.91 Å². The van der Waals surface area contributed by atoms with E-state index in [0.29, 0.717) is 22.5 Å². The zero-order valence-electron chi connectivity index (χ0n) is 15.6. The van der Waals surface area contributed by atoms with Gasteiger partial charge in [0, 0.05) is 17.3 Å². The average molecular weight is 416 g/mol. The highest BCUT2D eigenvalue weighted by Gasteiger charge is 2.15. The Balaban J connectivity index is 1.64. The van der Waals surface area contributed by atoms with Crippen LogP contribution in [0.15, 0.2) is 42.5 Å². The first kappa shape index (κ1) is 20.3. The number of halogens is 1. The Morgan fingerprint density at radius 3 is 2.59 bits per heavy atom. The first-order valence-electron chi connectivity index (χ1n) is 8.47. The molecule has 0 radical (unpaired) electrons. The number of rotatable bonds is 6. The number of methoxy groups -OCH3 is 1. The number of hydrogen-bond donors (Lipinski definition) is 2. The summed E-state index contributed by atoms with van der Waals surface area (Å²) in [7, 11) is 1.44. The standard InChI is InChI=1S/C20H17FN2O5S/c1-11(24)22-14-4-5-16(27-2)15(9-14)23-19(25)10-28-20(26)18-8-12-7-13(21)3-6-17(12)29-18/h3-9H,10H2,1-2H3,(H,22,24)(H,23,25). The highest BCUT2D eigenvalue weighted by Crippen LogP contribution is 2.28. The van der Waals surface area contributed by atoms with Crippen LogP contribution < -0.4 is 15.4 Å². The molecule has 1 aromatic heterocycles. The third-order valence-electron chi connectivity index (χ3n) is 3.81. The van der Waals surface area contributed by atoms with E-state index in [1.54, 1.807) is 18.2 Å². The van der Waals surface area contributed by atoms with Crippen molar-refractivity contribution in [2.75, 3.05) is 24.4 Å². The number of ether oxygens (including phenoxy) is 2. The largest absolute Gasteiger partial charge is 0.495 e. The van der Waals surface area contributed by atoms with Gasteiger partial charge in [0.1, 0.15) is 16.4 Å². The number of fused-ring (bicyclic) bond motifs is 1. The number of amides is 2. The quantitative estimate of drug-likeness (QED) is 0.596. The van der Waals surface area contributed by atoms with E-state index in [1.165, 1.54) is 38.3 Å². The van der Waals surface area contributed by atoms with E-state index in [1.807, 2.05) is 0 Å². The molecular formula is C20H17FN2O5S. The summed E-state index contributed by atoms with van der Waals surface area (Å²) in [6, 6.07) is 10.5. The molecule has 0 aliphatic carbocycles. The summed E-state index contributed by atoms with van der Waals surface area (Å²) in [5, 5.41) is 5.77. The number of benzene rings is 2. The Bertz CT molecular complexity index is 1100. The summed E-state index contributed by atoms with van der Waals surface area (Å²) in [6.07, 6.45) is 0. The first-order valence-corrected chi connectivity index (χ1v) is 9.29. The van der Waals surface area contributed by atoms with Crippen LogP contribution in [0.5, 0.6) is 5.75 Å². The van der Waals surface area contributed by atoms with Crippen molar-refractivity contribution >= 4 is 50.6 Å². The molecule has 1 heterocycles. The fourth-order valence-corrected chi connectivity index (χ4v) is 3.53. The summed E-state index contributed by atoms with van der Waals surface area (Å²) in [5.74, 6) is -1.54. The van der Waals surface area contributed by atoms with Gasteiger partial charge < -0.3 is 20.1 Å². The maximum Gasteiger partial charge on any atom is 0.348 e. The van der Waals surface area contributed by atoms with Crippen LogP contribution in [0.1, 0.15) is 16.6 Å². The predicted octanol–water partition coefficient (Wildman–Crippen LogP) is 3.80. The molecule has 150 valence electrons. The molecule has 0 aliphatic heterocycles. The van der Waals surface area contributed by atoms with Gasteiger partial charge in [-0.2, -0.15) is 0 Å². The lowest BCUT2D eigenvalue weighted by Gasteiger charge is -2.12. The topological polar surface area (TPSA) is 93.7 Å². The molecule has 2 N–H and O–H groups in total. The summed E-state index contributed by atoms with van der Waals surface area (Å²) in [5.41, 5.74) is 0.792. The Kier molecular flexibility index (Phi) is 6.08. The number of carbonyl (C=O) groups is 3. The molecule has 0 aliphatic rings. The zero-order valence-corrected chi connectivity index (χ0v) is 16.4. The molecule has 9 heteroatoms. The molecule has 0 saturated carbocycles. The number of thiophene rings is 1. The molecule has 0 bridgehead atoms. The van der Waals surface area contributed by atoms with Crippen molar-refractivity contribution in [1.82, 2.24) is 0 Å². The summed E-state index contributed by atoms with van der Waals surface area (Å²) in [4.78, 5) is 35.8. The van der Waals surface area contributed by atoms with Gasteiger partial charge in [-0.3, -0.25) is 9.59 Å². The Hall–Kier alpha value is -3.46. The van der Waals surface area contributed by atoms with Crippen LogP contribution in [0.4, 0.5) is 15.8 Å². The number of hydrogen-bond acceptors (Lipinski definition) is 6. The number of anilines is 2. The lowest BCUT2D eigenvalue weighted by atomic mass is 10.2. The Morgan fingerprint density at radius 1 is 1.07 bits per heavy atom. The van der Waals surface area contributed by atoms with Crippen LogP contribution >= 0.6 is 11.3 Å². The zero-order chi connectivity index (χ0) is 21.0. The molecule has 0 unspecified atom stereocenters. The van der Waals surface area contributed by atoms with E-state index in [4.69, 9.17) is 9.47 Å². The third kappa shape index (κ3) is 5.08. The molecule has 0 atom stereocenters. The van der Waals surface area contributed by atoms with Crippen LogP contribution in [0.2, 0.25) is 0 Å². The highest BCUT2D eigenvalue weighted by molar-refractivity contribution is 7.20. The molecular weight excluding hydrogens is 399 g/mol. The third-order valence-corrected chi connectivity index (χ3v) is 4.90. The van der Waals surface area contributed by atoms with Crippen molar-refractivity contribution in [3.05, 3.63) is 53.2 Å².